The third kappa shape index (κ3) is 7.04. The predicted octanol–water partition coefficient (Wildman–Crippen LogP) is 4.12. The van der Waals surface area contributed by atoms with Crippen LogP contribution in [-0.2, 0) is 20.0 Å². The van der Waals surface area contributed by atoms with Gasteiger partial charge in [0.25, 0.3) is 0 Å². The number of hydrogen-bond acceptors (Lipinski definition) is 9. The average molecular weight is 585 g/mol. The van der Waals surface area contributed by atoms with Crippen molar-refractivity contribution in [3.63, 3.8) is 0 Å². The van der Waals surface area contributed by atoms with Crippen molar-refractivity contribution in [2.24, 2.45) is 5.92 Å². The van der Waals surface area contributed by atoms with E-state index in [1.807, 2.05) is 19.1 Å². The highest BCUT2D eigenvalue weighted by atomic mass is 32.3. The molecule has 1 aliphatic rings. The maximum atomic E-state index is 14.6. The Balaban J connectivity index is 1.26. The number of benzene rings is 1. The molecule has 4 rings (SSSR count). The Hall–Kier alpha value is -3.26. The average Bonchev–Trinajstić information content (AvgIpc) is 3.29. The fourth-order valence-corrected chi connectivity index (χ4v) is 7.54. The maximum absolute atomic E-state index is 14.6. The van der Waals surface area contributed by atoms with E-state index in [2.05, 4.69) is 14.9 Å². The number of piperidine rings is 1. The molecule has 0 atom stereocenters. The van der Waals surface area contributed by atoms with E-state index in [4.69, 9.17) is 9.15 Å². The zero-order chi connectivity index (χ0) is 28.4. The first kappa shape index (κ1) is 28.7. The Kier molecular flexibility index (Phi) is 8.45. The molecule has 1 fully saturated rings. The topological polar surface area (TPSA) is 123 Å². The number of halogens is 2. The van der Waals surface area contributed by atoms with Crippen molar-refractivity contribution in [1.29, 1.82) is 0 Å². The molecule has 2 aromatic heterocycles. The summed E-state index contributed by atoms with van der Waals surface area (Å²) in [5.41, 5.74) is -0.368. The summed E-state index contributed by atoms with van der Waals surface area (Å²) in [5.74, 6) is -0.206. The van der Waals surface area contributed by atoms with Crippen LogP contribution in [0.1, 0.15) is 31.4 Å². The first-order valence-corrected chi connectivity index (χ1v) is 16.0. The molecule has 3 heterocycles. The van der Waals surface area contributed by atoms with Crippen LogP contribution in [0.4, 0.5) is 20.4 Å². The Morgan fingerprint density at radius 2 is 1.62 bits per heavy atom. The van der Waals surface area contributed by atoms with E-state index in [0.717, 1.165) is 61.6 Å². The molecule has 1 aliphatic heterocycles. The maximum Gasteiger partial charge on any atom is 0.245 e. The third-order valence-electron chi connectivity index (χ3n) is 6.36. The largest absolute Gasteiger partial charge is 0.493 e. The molecule has 14 heteroatoms. The van der Waals surface area contributed by atoms with Gasteiger partial charge in [0.1, 0.15) is 23.0 Å². The molecular formula is C25H30F2N4O6S2. The van der Waals surface area contributed by atoms with Crippen molar-refractivity contribution in [2.75, 3.05) is 40.8 Å². The highest BCUT2D eigenvalue weighted by Crippen LogP contribution is 2.32. The van der Waals surface area contributed by atoms with Gasteiger partial charge in [-0.1, -0.05) is 0 Å². The fourth-order valence-electron chi connectivity index (χ4n) is 4.56. The second-order valence-corrected chi connectivity index (χ2v) is 13.5. The summed E-state index contributed by atoms with van der Waals surface area (Å²) >= 11 is 0. The lowest BCUT2D eigenvalue weighted by molar-refractivity contribution is 0.277. The number of aryl methyl sites for hydroxylation is 1. The summed E-state index contributed by atoms with van der Waals surface area (Å²) in [4.78, 5) is 11.1. The van der Waals surface area contributed by atoms with Crippen LogP contribution in [0.5, 0.6) is 5.75 Å². The van der Waals surface area contributed by atoms with Crippen molar-refractivity contribution in [2.45, 2.75) is 32.6 Å². The van der Waals surface area contributed by atoms with E-state index < -0.39 is 37.4 Å². The number of nitrogens with zero attached hydrogens (tertiary/aromatic N) is 4. The smallest absolute Gasteiger partial charge is 0.245 e. The second-order valence-electron chi connectivity index (χ2n) is 9.56. The molecule has 0 aliphatic carbocycles. The highest BCUT2D eigenvalue weighted by Gasteiger charge is 2.33. The lowest BCUT2D eigenvalue weighted by atomic mass is 9.92. The third-order valence-corrected chi connectivity index (χ3v) is 9.56. The Bertz CT molecular complexity index is 1470. The van der Waals surface area contributed by atoms with Crippen molar-refractivity contribution < 1.29 is 34.8 Å². The van der Waals surface area contributed by atoms with Crippen LogP contribution in [0.15, 0.2) is 41.1 Å². The van der Waals surface area contributed by atoms with Crippen molar-refractivity contribution in [3.05, 3.63) is 54.1 Å². The minimum absolute atomic E-state index is 0.157. The van der Waals surface area contributed by atoms with E-state index in [9.17, 15) is 25.6 Å². The second kappa shape index (κ2) is 11.5. The Labute approximate surface area is 226 Å². The van der Waals surface area contributed by atoms with E-state index in [-0.39, 0.29) is 16.1 Å². The molecule has 0 unspecified atom stereocenters. The molecule has 0 N–H and O–H groups in total. The van der Waals surface area contributed by atoms with E-state index >= 15 is 0 Å². The molecule has 0 spiro atoms. The molecule has 0 radical (unpaired) electrons. The monoisotopic (exact) mass is 584 g/mol. The van der Waals surface area contributed by atoms with Crippen LogP contribution in [0.3, 0.4) is 0 Å². The van der Waals surface area contributed by atoms with Gasteiger partial charge < -0.3 is 14.1 Å². The van der Waals surface area contributed by atoms with Gasteiger partial charge in [-0.3, -0.25) is 0 Å². The van der Waals surface area contributed by atoms with Gasteiger partial charge in [-0.25, -0.2) is 35.6 Å². The van der Waals surface area contributed by atoms with Crippen LogP contribution in [0.25, 0.3) is 11.3 Å². The molecule has 212 valence electrons. The molecule has 3 aromatic rings. The van der Waals surface area contributed by atoms with Gasteiger partial charge in [-0.15, -0.1) is 0 Å². The summed E-state index contributed by atoms with van der Waals surface area (Å²) < 4.78 is 87.5. The SMILES string of the molecule is Cc1ccc(-c2cnc(N3CCC(CCCOc4cc(F)c(N(S(C)(=O)=O)S(C)(=O)=O)c(F)c4)CC3)nc2)o1. The standard InChI is InChI=1S/C25H30F2N4O6S2/c1-17-6-7-23(37-17)19-15-28-25(29-16-19)30-10-8-18(9-11-30)5-4-12-36-20-13-21(26)24(22(27)14-20)31(38(2,32)33)39(3,34)35/h6-7,13-16,18H,4-5,8-12H2,1-3H3. The number of anilines is 2. The minimum Gasteiger partial charge on any atom is -0.493 e. The Morgan fingerprint density at radius 3 is 2.13 bits per heavy atom. The summed E-state index contributed by atoms with van der Waals surface area (Å²) in [7, 11) is -8.98. The van der Waals surface area contributed by atoms with E-state index in [1.165, 1.54) is 0 Å². The first-order valence-electron chi connectivity index (χ1n) is 12.3. The van der Waals surface area contributed by atoms with Crippen molar-refractivity contribution in [1.82, 2.24) is 9.97 Å². The molecule has 0 bridgehead atoms. The number of furan rings is 1. The number of sulfonamides is 2. The summed E-state index contributed by atoms with van der Waals surface area (Å²) in [5, 5.41) is 0. The van der Waals surface area contributed by atoms with Crippen LogP contribution in [-0.4, -0.2) is 59.0 Å². The quantitative estimate of drug-likeness (QED) is 0.324. The van der Waals surface area contributed by atoms with Gasteiger partial charge in [0, 0.05) is 37.6 Å². The molecule has 39 heavy (non-hydrogen) atoms. The summed E-state index contributed by atoms with van der Waals surface area (Å²) in [6.45, 7) is 3.68. The van der Waals surface area contributed by atoms with Gasteiger partial charge in [0.15, 0.2) is 11.6 Å². The highest BCUT2D eigenvalue weighted by molar-refractivity contribution is 8.09. The molecule has 0 amide bonds. The zero-order valence-electron chi connectivity index (χ0n) is 21.8. The van der Waals surface area contributed by atoms with Gasteiger partial charge in [0.05, 0.1) is 24.7 Å². The minimum atomic E-state index is -4.49. The van der Waals surface area contributed by atoms with Gasteiger partial charge in [-0.05, 0) is 50.7 Å². The van der Waals surface area contributed by atoms with Crippen LogP contribution in [0, 0.1) is 24.5 Å². The molecule has 1 saturated heterocycles. The van der Waals surface area contributed by atoms with E-state index in [0.29, 0.717) is 30.8 Å². The van der Waals surface area contributed by atoms with Gasteiger partial charge >= 0.3 is 0 Å². The van der Waals surface area contributed by atoms with Crippen LogP contribution >= 0.6 is 0 Å². The number of rotatable bonds is 10. The zero-order valence-corrected chi connectivity index (χ0v) is 23.4. The number of aromatic nitrogens is 2. The normalized spacial score (nSPS) is 14.9. The molecular weight excluding hydrogens is 554 g/mol. The first-order chi connectivity index (χ1) is 18.3. The molecule has 10 nitrogen and oxygen atoms in total. The number of ether oxygens (including phenoxy) is 1. The van der Waals surface area contributed by atoms with Crippen molar-refractivity contribution >= 4 is 31.7 Å². The molecule has 1 aromatic carbocycles. The number of hydrogen-bond donors (Lipinski definition) is 0. The fraction of sp³-hybridized carbons (Fsp3) is 0.440. The predicted molar refractivity (Wildman–Crippen MR) is 143 cm³/mol. The van der Waals surface area contributed by atoms with Gasteiger partial charge in [-0.2, -0.15) is 3.71 Å². The van der Waals surface area contributed by atoms with E-state index in [1.54, 1.807) is 12.4 Å². The lowest BCUT2D eigenvalue weighted by Crippen LogP contribution is -2.36. The van der Waals surface area contributed by atoms with Crippen LogP contribution < -0.4 is 13.3 Å². The van der Waals surface area contributed by atoms with Crippen molar-refractivity contribution in [3.8, 4) is 17.1 Å². The Morgan fingerprint density at radius 1 is 1.03 bits per heavy atom. The lowest BCUT2D eigenvalue weighted by Gasteiger charge is -2.32. The summed E-state index contributed by atoms with van der Waals surface area (Å²) in [6.07, 6.45) is 7.97. The van der Waals surface area contributed by atoms with Crippen LogP contribution in [0.2, 0.25) is 0 Å². The van der Waals surface area contributed by atoms with Gasteiger partial charge in [0.2, 0.25) is 26.0 Å². The summed E-state index contributed by atoms with van der Waals surface area (Å²) in [6, 6.07) is 5.33. The molecule has 0 saturated carbocycles.